The van der Waals surface area contributed by atoms with Crippen LogP contribution in [0.25, 0.3) is 0 Å². The molecular formula is C17H21BrN2S. The van der Waals surface area contributed by atoms with E-state index in [0.717, 1.165) is 13.1 Å². The Labute approximate surface area is 139 Å². The molecule has 1 aliphatic rings. The van der Waals surface area contributed by atoms with Crippen molar-refractivity contribution in [2.75, 3.05) is 19.6 Å². The largest absolute Gasteiger partial charge is 0.310 e. The van der Waals surface area contributed by atoms with Crippen LogP contribution in [0.2, 0.25) is 0 Å². The number of hydrogen-bond donors (Lipinski definition) is 1. The third-order valence-corrected chi connectivity index (χ3v) is 6.01. The molecule has 1 aromatic heterocycles. The van der Waals surface area contributed by atoms with Crippen LogP contribution >= 0.6 is 27.3 Å². The molecule has 1 atom stereocenters. The van der Waals surface area contributed by atoms with Gasteiger partial charge >= 0.3 is 0 Å². The Morgan fingerprint density at radius 3 is 2.57 bits per heavy atom. The SMILES string of the molecule is Brc1ccsc1CNCC(c1ccccc1)N1CCCC1. The molecule has 2 heterocycles. The van der Waals surface area contributed by atoms with Gasteiger partial charge in [-0.2, -0.15) is 0 Å². The van der Waals surface area contributed by atoms with Crippen LogP contribution in [-0.2, 0) is 6.54 Å². The van der Waals surface area contributed by atoms with Crippen LogP contribution in [0.15, 0.2) is 46.3 Å². The molecule has 2 aromatic rings. The van der Waals surface area contributed by atoms with Crippen molar-refractivity contribution in [3.8, 4) is 0 Å². The molecule has 1 unspecified atom stereocenters. The van der Waals surface area contributed by atoms with Crippen molar-refractivity contribution < 1.29 is 0 Å². The normalized spacial score (nSPS) is 17.2. The average Bonchev–Trinajstić information content (AvgIpc) is 3.17. The summed E-state index contributed by atoms with van der Waals surface area (Å²) in [5, 5.41) is 5.78. The van der Waals surface area contributed by atoms with Gasteiger partial charge in [0.15, 0.2) is 0 Å². The van der Waals surface area contributed by atoms with Crippen molar-refractivity contribution in [2.24, 2.45) is 0 Å². The Morgan fingerprint density at radius 1 is 1.14 bits per heavy atom. The molecule has 21 heavy (non-hydrogen) atoms. The zero-order chi connectivity index (χ0) is 14.5. The lowest BCUT2D eigenvalue weighted by molar-refractivity contribution is 0.238. The van der Waals surface area contributed by atoms with Crippen molar-refractivity contribution in [3.05, 3.63) is 56.7 Å². The molecule has 0 spiro atoms. The molecule has 0 radical (unpaired) electrons. The Hall–Kier alpha value is -0.680. The van der Waals surface area contributed by atoms with Crippen LogP contribution in [-0.4, -0.2) is 24.5 Å². The summed E-state index contributed by atoms with van der Waals surface area (Å²) in [6.45, 7) is 4.40. The predicted molar refractivity (Wildman–Crippen MR) is 93.7 cm³/mol. The van der Waals surface area contributed by atoms with Gasteiger partial charge in [-0.25, -0.2) is 0 Å². The van der Waals surface area contributed by atoms with Crippen LogP contribution in [0.3, 0.4) is 0 Å². The lowest BCUT2D eigenvalue weighted by Gasteiger charge is -2.28. The third kappa shape index (κ3) is 3.95. The maximum atomic E-state index is 3.64. The van der Waals surface area contributed by atoms with Gasteiger partial charge in [0.2, 0.25) is 0 Å². The molecule has 1 aromatic carbocycles. The van der Waals surface area contributed by atoms with Crippen LogP contribution in [0.1, 0.15) is 29.3 Å². The molecule has 4 heteroatoms. The minimum Gasteiger partial charge on any atom is -0.310 e. The zero-order valence-electron chi connectivity index (χ0n) is 12.1. The highest BCUT2D eigenvalue weighted by molar-refractivity contribution is 9.10. The van der Waals surface area contributed by atoms with E-state index in [9.17, 15) is 0 Å². The maximum absolute atomic E-state index is 3.64. The molecule has 2 nitrogen and oxygen atoms in total. The van der Waals surface area contributed by atoms with E-state index in [1.54, 1.807) is 11.3 Å². The van der Waals surface area contributed by atoms with Crippen molar-refractivity contribution in [1.29, 1.82) is 0 Å². The summed E-state index contributed by atoms with van der Waals surface area (Å²) in [5.74, 6) is 0. The van der Waals surface area contributed by atoms with Crippen molar-refractivity contribution in [3.63, 3.8) is 0 Å². The van der Waals surface area contributed by atoms with Gasteiger partial charge in [-0.15, -0.1) is 11.3 Å². The van der Waals surface area contributed by atoms with Crippen molar-refractivity contribution in [1.82, 2.24) is 10.2 Å². The van der Waals surface area contributed by atoms with Crippen LogP contribution in [0, 0.1) is 0 Å². The van der Waals surface area contributed by atoms with E-state index in [2.05, 4.69) is 67.9 Å². The Morgan fingerprint density at radius 2 is 1.90 bits per heavy atom. The molecule has 1 fully saturated rings. The first-order valence-corrected chi connectivity index (χ1v) is 9.23. The van der Waals surface area contributed by atoms with Crippen molar-refractivity contribution in [2.45, 2.75) is 25.4 Å². The molecular weight excluding hydrogens is 344 g/mol. The minimum absolute atomic E-state index is 0.493. The van der Waals surface area contributed by atoms with E-state index in [0.29, 0.717) is 6.04 Å². The number of benzene rings is 1. The highest BCUT2D eigenvalue weighted by Crippen LogP contribution is 2.25. The van der Waals surface area contributed by atoms with Crippen LogP contribution in [0.4, 0.5) is 0 Å². The number of nitrogens with one attached hydrogen (secondary N) is 1. The first-order chi connectivity index (χ1) is 10.3. The fraction of sp³-hybridized carbons (Fsp3) is 0.412. The molecule has 1 aliphatic heterocycles. The van der Waals surface area contributed by atoms with E-state index in [4.69, 9.17) is 0 Å². The second-order valence-electron chi connectivity index (χ2n) is 5.49. The molecule has 0 aliphatic carbocycles. The summed E-state index contributed by atoms with van der Waals surface area (Å²) in [5.41, 5.74) is 1.43. The van der Waals surface area contributed by atoms with E-state index in [1.807, 2.05) is 0 Å². The topological polar surface area (TPSA) is 15.3 Å². The highest BCUT2D eigenvalue weighted by Gasteiger charge is 2.22. The standard InChI is InChI=1S/C17H21BrN2S/c18-15-8-11-21-17(15)13-19-12-16(20-9-4-5-10-20)14-6-2-1-3-7-14/h1-3,6-8,11,16,19H,4-5,9-10,12-13H2. The van der Waals surface area contributed by atoms with Gasteiger partial charge in [0.05, 0.1) is 0 Å². The Balaban J connectivity index is 1.63. The first-order valence-electron chi connectivity index (χ1n) is 7.56. The van der Waals surface area contributed by atoms with E-state index in [-0.39, 0.29) is 0 Å². The van der Waals surface area contributed by atoms with Gasteiger partial charge in [-0.1, -0.05) is 30.3 Å². The van der Waals surface area contributed by atoms with Gasteiger partial charge < -0.3 is 5.32 Å². The van der Waals surface area contributed by atoms with Gasteiger partial charge in [0, 0.05) is 28.5 Å². The van der Waals surface area contributed by atoms with Gasteiger partial charge in [0.1, 0.15) is 0 Å². The average molecular weight is 365 g/mol. The molecule has 0 bridgehead atoms. The Bertz CT molecular complexity index is 549. The summed E-state index contributed by atoms with van der Waals surface area (Å²) >= 11 is 5.41. The quantitative estimate of drug-likeness (QED) is 0.814. The van der Waals surface area contributed by atoms with E-state index >= 15 is 0 Å². The lowest BCUT2D eigenvalue weighted by Crippen LogP contribution is -2.33. The summed E-state index contributed by atoms with van der Waals surface area (Å²) in [4.78, 5) is 3.99. The van der Waals surface area contributed by atoms with Crippen LogP contribution in [0.5, 0.6) is 0 Å². The van der Waals surface area contributed by atoms with Gasteiger partial charge in [-0.05, 0) is 58.9 Å². The molecule has 0 amide bonds. The van der Waals surface area contributed by atoms with Crippen LogP contribution < -0.4 is 5.32 Å². The Kier molecular flexibility index (Phi) is 5.47. The second kappa shape index (κ2) is 7.54. The van der Waals surface area contributed by atoms with Crippen molar-refractivity contribution >= 4 is 27.3 Å². The summed E-state index contributed by atoms with van der Waals surface area (Å²) in [7, 11) is 0. The van der Waals surface area contributed by atoms with E-state index in [1.165, 1.54) is 40.8 Å². The zero-order valence-corrected chi connectivity index (χ0v) is 14.5. The lowest BCUT2D eigenvalue weighted by atomic mass is 10.1. The smallest absolute Gasteiger partial charge is 0.0472 e. The molecule has 112 valence electrons. The molecule has 0 saturated carbocycles. The molecule has 3 rings (SSSR count). The summed E-state index contributed by atoms with van der Waals surface area (Å²) in [6, 6.07) is 13.5. The van der Waals surface area contributed by atoms with E-state index < -0.39 is 0 Å². The van der Waals surface area contributed by atoms with Gasteiger partial charge in [-0.3, -0.25) is 4.90 Å². The predicted octanol–water partition coefficient (Wildman–Crippen LogP) is 4.44. The maximum Gasteiger partial charge on any atom is 0.0472 e. The molecule has 1 N–H and O–H groups in total. The number of nitrogens with zero attached hydrogens (tertiary/aromatic N) is 1. The van der Waals surface area contributed by atoms with Gasteiger partial charge in [0.25, 0.3) is 0 Å². The fourth-order valence-corrected chi connectivity index (χ4v) is 4.42. The number of likely N-dealkylation sites (tertiary alicyclic amines) is 1. The molecule has 1 saturated heterocycles. The summed E-state index contributed by atoms with van der Waals surface area (Å²) < 4.78 is 1.22. The number of halogens is 1. The monoisotopic (exact) mass is 364 g/mol. The second-order valence-corrected chi connectivity index (χ2v) is 7.35. The fourth-order valence-electron chi connectivity index (χ4n) is 2.96. The number of thiophene rings is 1. The summed E-state index contributed by atoms with van der Waals surface area (Å²) in [6.07, 6.45) is 2.67. The minimum atomic E-state index is 0.493. The first kappa shape index (κ1) is 15.2. The number of rotatable bonds is 6. The number of hydrogen-bond acceptors (Lipinski definition) is 3. The highest BCUT2D eigenvalue weighted by atomic mass is 79.9. The third-order valence-electron chi connectivity index (χ3n) is 4.08.